The van der Waals surface area contributed by atoms with E-state index in [4.69, 9.17) is 0 Å². The molecule has 94 valence electrons. The maximum Gasteiger partial charge on any atom is 0.224 e. The lowest BCUT2D eigenvalue weighted by atomic mass is 10.2. The van der Waals surface area contributed by atoms with Crippen LogP contribution in [0.3, 0.4) is 0 Å². The Labute approximate surface area is 101 Å². The standard InChI is InChI=1S/C12H19FN4/c1-3-5-14-12-15-7-10(13)11(16-12)17-6-4-9(2)8-17/h7,9H,3-6,8H2,1-2H3,(H,14,15,16). The summed E-state index contributed by atoms with van der Waals surface area (Å²) in [6.07, 6.45) is 3.35. The minimum atomic E-state index is -0.332. The van der Waals surface area contributed by atoms with Crippen molar-refractivity contribution in [3.05, 3.63) is 12.0 Å². The molecule has 1 aliphatic rings. The molecule has 1 aromatic rings. The number of anilines is 2. The predicted octanol–water partition coefficient (Wildman–Crippen LogP) is 2.28. The van der Waals surface area contributed by atoms with Crippen LogP contribution in [0.2, 0.25) is 0 Å². The molecule has 1 aromatic heterocycles. The summed E-state index contributed by atoms with van der Waals surface area (Å²) in [7, 11) is 0. The zero-order valence-corrected chi connectivity index (χ0v) is 10.4. The van der Waals surface area contributed by atoms with Crippen LogP contribution in [-0.4, -0.2) is 29.6 Å². The Kier molecular flexibility index (Phi) is 3.76. The highest BCUT2D eigenvalue weighted by Crippen LogP contribution is 2.24. The van der Waals surface area contributed by atoms with Crippen molar-refractivity contribution in [3.8, 4) is 0 Å². The molecule has 2 heterocycles. The molecule has 0 aromatic carbocycles. The number of hydrogen-bond donors (Lipinski definition) is 1. The lowest BCUT2D eigenvalue weighted by Crippen LogP contribution is -2.22. The highest BCUT2D eigenvalue weighted by molar-refractivity contribution is 5.44. The van der Waals surface area contributed by atoms with E-state index in [-0.39, 0.29) is 5.82 Å². The van der Waals surface area contributed by atoms with Gasteiger partial charge in [0.05, 0.1) is 6.20 Å². The quantitative estimate of drug-likeness (QED) is 0.873. The zero-order valence-electron chi connectivity index (χ0n) is 10.4. The zero-order chi connectivity index (χ0) is 12.3. The van der Waals surface area contributed by atoms with Crippen molar-refractivity contribution in [3.63, 3.8) is 0 Å². The first-order valence-electron chi connectivity index (χ1n) is 6.22. The summed E-state index contributed by atoms with van der Waals surface area (Å²) in [6, 6.07) is 0. The van der Waals surface area contributed by atoms with E-state index in [0.717, 1.165) is 32.5 Å². The Balaban J connectivity index is 2.14. The van der Waals surface area contributed by atoms with Crippen LogP contribution in [0.1, 0.15) is 26.7 Å². The highest BCUT2D eigenvalue weighted by atomic mass is 19.1. The van der Waals surface area contributed by atoms with Crippen molar-refractivity contribution in [1.29, 1.82) is 0 Å². The summed E-state index contributed by atoms with van der Waals surface area (Å²) < 4.78 is 13.7. The number of nitrogens with one attached hydrogen (secondary N) is 1. The fourth-order valence-corrected chi connectivity index (χ4v) is 2.03. The van der Waals surface area contributed by atoms with Crippen molar-refractivity contribution in [2.75, 3.05) is 29.9 Å². The largest absolute Gasteiger partial charge is 0.354 e. The summed E-state index contributed by atoms with van der Waals surface area (Å²) >= 11 is 0. The van der Waals surface area contributed by atoms with Crippen LogP contribution >= 0.6 is 0 Å². The molecule has 1 aliphatic heterocycles. The van der Waals surface area contributed by atoms with Crippen LogP contribution in [-0.2, 0) is 0 Å². The van der Waals surface area contributed by atoms with Gasteiger partial charge < -0.3 is 10.2 Å². The number of hydrogen-bond acceptors (Lipinski definition) is 4. The molecular formula is C12H19FN4. The van der Waals surface area contributed by atoms with Crippen LogP contribution in [0.25, 0.3) is 0 Å². The second-order valence-corrected chi connectivity index (χ2v) is 4.63. The fraction of sp³-hybridized carbons (Fsp3) is 0.667. The second-order valence-electron chi connectivity index (χ2n) is 4.63. The van der Waals surface area contributed by atoms with Gasteiger partial charge in [0.15, 0.2) is 11.6 Å². The summed E-state index contributed by atoms with van der Waals surface area (Å²) in [5, 5.41) is 3.08. The molecule has 1 N–H and O–H groups in total. The number of halogens is 1. The molecule has 0 aliphatic carbocycles. The summed E-state index contributed by atoms with van der Waals surface area (Å²) in [5.41, 5.74) is 0. The van der Waals surface area contributed by atoms with Gasteiger partial charge in [0.1, 0.15) is 0 Å². The first-order chi connectivity index (χ1) is 8.20. The molecule has 0 saturated carbocycles. The molecule has 0 amide bonds. The summed E-state index contributed by atoms with van der Waals surface area (Å²) in [6.45, 7) is 6.81. The lowest BCUT2D eigenvalue weighted by Gasteiger charge is -2.18. The smallest absolute Gasteiger partial charge is 0.224 e. The third-order valence-corrected chi connectivity index (χ3v) is 2.98. The molecule has 1 saturated heterocycles. The number of aromatic nitrogens is 2. The van der Waals surface area contributed by atoms with E-state index in [1.54, 1.807) is 0 Å². The minimum absolute atomic E-state index is 0.332. The monoisotopic (exact) mass is 238 g/mol. The molecule has 4 nitrogen and oxygen atoms in total. The Morgan fingerprint density at radius 1 is 1.59 bits per heavy atom. The number of rotatable bonds is 4. The minimum Gasteiger partial charge on any atom is -0.354 e. The SMILES string of the molecule is CCCNc1ncc(F)c(N2CCC(C)C2)n1. The van der Waals surface area contributed by atoms with E-state index in [1.165, 1.54) is 6.20 Å². The van der Waals surface area contributed by atoms with Crippen LogP contribution in [0.5, 0.6) is 0 Å². The van der Waals surface area contributed by atoms with Gasteiger partial charge in [-0.1, -0.05) is 13.8 Å². The van der Waals surface area contributed by atoms with Crippen molar-refractivity contribution in [2.45, 2.75) is 26.7 Å². The van der Waals surface area contributed by atoms with E-state index in [9.17, 15) is 4.39 Å². The van der Waals surface area contributed by atoms with Gasteiger partial charge >= 0.3 is 0 Å². The first-order valence-corrected chi connectivity index (χ1v) is 6.22. The van der Waals surface area contributed by atoms with Gasteiger partial charge in [-0.2, -0.15) is 4.98 Å². The molecule has 0 bridgehead atoms. The topological polar surface area (TPSA) is 41.1 Å². The Hall–Kier alpha value is -1.39. The molecule has 1 fully saturated rings. The van der Waals surface area contributed by atoms with Crippen molar-refractivity contribution in [1.82, 2.24) is 9.97 Å². The lowest BCUT2D eigenvalue weighted by molar-refractivity contribution is 0.605. The van der Waals surface area contributed by atoms with Gasteiger partial charge in [0, 0.05) is 19.6 Å². The molecule has 1 unspecified atom stereocenters. The van der Waals surface area contributed by atoms with Crippen LogP contribution in [0.4, 0.5) is 16.2 Å². The van der Waals surface area contributed by atoms with Crippen molar-refractivity contribution in [2.24, 2.45) is 5.92 Å². The molecule has 0 spiro atoms. The molecule has 5 heteroatoms. The van der Waals surface area contributed by atoms with E-state index in [2.05, 4.69) is 29.1 Å². The summed E-state index contributed by atoms with van der Waals surface area (Å²) in [4.78, 5) is 10.2. The average molecular weight is 238 g/mol. The fourth-order valence-electron chi connectivity index (χ4n) is 2.03. The summed E-state index contributed by atoms with van der Waals surface area (Å²) in [5.74, 6) is 1.23. The van der Waals surface area contributed by atoms with Gasteiger partial charge in [-0.3, -0.25) is 0 Å². The molecule has 0 radical (unpaired) electrons. The Morgan fingerprint density at radius 3 is 3.06 bits per heavy atom. The van der Waals surface area contributed by atoms with Crippen LogP contribution in [0.15, 0.2) is 6.20 Å². The molecular weight excluding hydrogens is 219 g/mol. The predicted molar refractivity (Wildman–Crippen MR) is 66.8 cm³/mol. The van der Waals surface area contributed by atoms with Gasteiger partial charge in [0.25, 0.3) is 0 Å². The molecule has 2 rings (SSSR count). The second kappa shape index (κ2) is 5.29. The third kappa shape index (κ3) is 2.84. The number of nitrogens with zero attached hydrogens (tertiary/aromatic N) is 3. The van der Waals surface area contributed by atoms with Gasteiger partial charge in [-0.15, -0.1) is 0 Å². The molecule has 1 atom stereocenters. The normalized spacial score (nSPS) is 19.7. The van der Waals surface area contributed by atoms with E-state index in [0.29, 0.717) is 17.7 Å². The van der Waals surface area contributed by atoms with Crippen LogP contribution in [0, 0.1) is 11.7 Å². The van der Waals surface area contributed by atoms with Crippen molar-refractivity contribution < 1.29 is 4.39 Å². The van der Waals surface area contributed by atoms with E-state index < -0.39 is 0 Å². The Morgan fingerprint density at radius 2 is 2.41 bits per heavy atom. The maximum atomic E-state index is 13.7. The van der Waals surface area contributed by atoms with Crippen LogP contribution < -0.4 is 10.2 Å². The maximum absolute atomic E-state index is 13.7. The average Bonchev–Trinajstić information content (AvgIpc) is 2.75. The van der Waals surface area contributed by atoms with Gasteiger partial charge in [-0.05, 0) is 18.8 Å². The van der Waals surface area contributed by atoms with Crippen molar-refractivity contribution >= 4 is 11.8 Å². The highest BCUT2D eigenvalue weighted by Gasteiger charge is 2.23. The van der Waals surface area contributed by atoms with E-state index >= 15 is 0 Å². The first kappa shape index (κ1) is 12.1. The molecule has 17 heavy (non-hydrogen) atoms. The Bertz CT molecular complexity index is 383. The van der Waals surface area contributed by atoms with E-state index in [1.807, 2.05) is 4.90 Å². The third-order valence-electron chi connectivity index (χ3n) is 2.98. The van der Waals surface area contributed by atoms with Gasteiger partial charge in [0.2, 0.25) is 5.95 Å². The van der Waals surface area contributed by atoms with Gasteiger partial charge in [-0.25, -0.2) is 9.37 Å².